The second-order valence-electron chi connectivity index (χ2n) is 3.88. The molecule has 0 heterocycles. The summed E-state index contributed by atoms with van der Waals surface area (Å²) < 4.78 is 35.5. The first-order chi connectivity index (χ1) is 6.40. The fourth-order valence-electron chi connectivity index (χ4n) is 1.72. The van der Waals surface area contributed by atoms with Crippen LogP contribution in [0.1, 0.15) is 32.1 Å². The van der Waals surface area contributed by atoms with Crippen molar-refractivity contribution in [2.45, 2.75) is 38.3 Å². The monoisotopic (exact) mass is 209 g/mol. The second kappa shape index (κ2) is 3.88. The van der Waals surface area contributed by atoms with Gasteiger partial charge in [0.1, 0.15) is 5.78 Å². The molecule has 0 unspecified atom stereocenters. The summed E-state index contributed by atoms with van der Waals surface area (Å²) in [7, 11) is 0. The number of halogens is 3. The summed E-state index contributed by atoms with van der Waals surface area (Å²) in [5, 5.41) is 0. The Morgan fingerprint density at radius 2 is 1.93 bits per heavy atom. The molecular formula is C9H14F3NO. The molecule has 0 aromatic rings. The van der Waals surface area contributed by atoms with Crippen molar-refractivity contribution in [2.75, 3.05) is 6.54 Å². The van der Waals surface area contributed by atoms with E-state index in [4.69, 9.17) is 5.73 Å². The minimum absolute atomic E-state index is 0.184. The van der Waals surface area contributed by atoms with E-state index in [1.165, 1.54) is 0 Å². The molecule has 1 aliphatic rings. The normalized spacial score (nSPS) is 20.3. The van der Waals surface area contributed by atoms with Crippen LogP contribution in [0.5, 0.6) is 0 Å². The van der Waals surface area contributed by atoms with Crippen LogP contribution in [0.25, 0.3) is 0 Å². The van der Waals surface area contributed by atoms with Gasteiger partial charge in [0.15, 0.2) is 0 Å². The van der Waals surface area contributed by atoms with Crippen molar-refractivity contribution in [1.82, 2.24) is 0 Å². The quantitative estimate of drug-likeness (QED) is 0.769. The molecule has 0 radical (unpaired) electrons. The molecule has 2 N–H and O–H groups in total. The maximum absolute atomic E-state index is 11.8. The van der Waals surface area contributed by atoms with Crippen molar-refractivity contribution >= 4 is 5.78 Å². The van der Waals surface area contributed by atoms with E-state index in [1.54, 1.807) is 0 Å². The summed E-state index contributed by atoms with van der Waals surface area (Å²) >= 11 is 0. The second-order valence-corrected chi connectivity index (χ2v) is 3.88. The molecule has 0 aromatic heterocycles. The van der Waals surface area contributed by atoms with Gasteiger partial charge in [-0.15, -0.1) is 0 Å². The third-order valence-corrected chi connectivity index (χ3v) is 2.93. The third kappa shape index (κ3) is 2.47. The topological polar surface area (TPSA) is 43.1 Å². The molecular weight excluding hydrogens is 195 g/mol. The minimum Gasteiger partial charge on any atom is -0.329 e. The Balaban J connectivity index is 2.42. The van der Waals surface area contributed by atoms with E-state index in [0.717, 1.165) is 6.42 Å². The van der Waals surface area contributed by atoms with E-state index in [0.29, 0.717) is 12.8 Å². The van der Waals surface area contributed by atoms with Crippen LogP contribution in [-0.2, 0) is 4.79 Å². The Morgan fingerprint density at radius 1 is 1.36 bits per heavy atom. The first-order valence-corrected chi connectivity index (χ1v) is 4.70. The highest BCUT2D eigenvalue weighted by Gasteiger charge is 2.43. The average molecular weight is 209 g/mol. The zero-order valence-corrected chi connectivity index (χ0v) is 7.86. The molecule has 0 spiro atoms. The van der Waals surface area contributed by atoms with Crippen molar-refractivity contribution in [3.05, 3.63) is 0 Å². The Bertz CT molecular complexity index is 215. The average Bonchev–Trinajstić information content (AvgIpc) is 1.98. The maximum atomic E-state index is 11.8. The maximum Gasteiger partial charge on any atom is 0.389 e. The van der Waals surface area contributed by atoms with Gasteiger partial charge in [-0.1, -0.05) is 6.42 Å². The highest BCUT2D eigenvalue weighted by molar-refractivity contribution is 5.85. The van der Waals surface area contributed by atoms with Crippen LogP contribution in [0.2, 0.25) is 0 Å². The van der Waals surface area contributed by atoms with Crippen molar-refractivity contribution < 1.29 is 18.0 Å². The van der Waals surface area contributed by atoms with Crippen molar-refractivity contribution in [2.24, 2.45) is 11.1 Å². The lowest BCUT2D eigenvalue weighted by Crippen LogP contribution is -2.44. The van der Waals surface area contributed by atoms with Gasteiger partial charge < -0.3 is 5.73 Å². The smallest absolute Gasteiger partial charge is 0.329 e. The number of carbonyl (C=O) groups excluding carboxylic acids is 1. The van der Waals surface area contributed by atoms with Gasteiger partial charge in [0.25, 0.3) is 0 Å². The molecule has 14 heavy (non-hydrogen) atoms. The summed E-state index contributed by atoms with van der Waals surface area (Å²) in [4.78, 5) is 11.4. The van der Waals surface area contributed by atoms with Gasteiger partial charge in [0, 0.05) is 18.4 Å². The van der Waals surface area contributed by atoms with Crippen LogP contribution in [0, 0.1) is 5.41 Å². The number of ketones is 1. The van der Waals surface area contributed by atoms with E-state index in [2.05, 4.69) is 0 Å². The Morgan fingerprint density at radius 3 is 2.21 bits per heavy atom. The summed E-state index contributed by atoms with van der Waals surface area (Å²) in [6, 6.07) is 0. The third-order valence-electron chi connectivity index (χ3n) is 2.93. The number of carbonyl (C=O) groups is 1. The van der Waals surface area contributed by atoms with E-state index in [-0.39, 0.29) is 12.3 Å². The number of rotatable bonds is 4. The fourth-order valence-corrected chi connectivity index (χ4v) is 1.72. The molecule has 0 saturated heterocycles. The van der Waals surface area contributed by atoms with Gasteiger partial charge in [0.2, 0.25) is 0 Å². The van der Waals surface area contributed by atoms with Gasteiger partial charge in [-0.25, -0.2) is 0 Å². The van der Waals surface area contributed by atoms with Crippen molar-refractivity contribution in [3.8, 4) is 0 Å². The first-order valence-electron chi connectivity index (χ1n) is 4.70. The molecule has 5 heteroatoms. The molecule has 0 amide bonds. The SMILES string of the molecule is NCC1(C(=O)CCC(F)(F)F)CCC1. The predicted octanol–water partition coefficient (Wildman–Crippen LogP) is 2.03. The summed E-state index contributed by atoms with van der Waals surface area (Å²) in [6.07, 6.45) is -3.47. The van der Waals surface area contributed by atoms with Crippen molar-refractivity contribution in [1.29, 1.82) is 0 Å². The molecule has 2 nitrogen and oxygen atoms in total. The largest absolute Gasteiger partial charge is 0.389 e. The van der Waals surface area contributed by atoms with Crippen LogP contribution in [0.4, 0.5) is 13.2 Å². The van der Waals surface area contributed by atoms with Gasteiger partial charge in [-0.2, -0.15) is 13.2 Å². The highest BCUT2D eigenvalue weighted by atomic mass is 19.4. The Kier molecular flexibility index (Phi) is 3.19. The zero-order chi connectivity index (χ0) is 10.8. The van der Waals surface area contributed by atoms with Crippen LogP contribution >= 0.6 is 0 Å². The van der Waals surface area contributed by atoms with Crippen LogP contribution in [-0.4, -0.2) is 18.5 Å². The first kappa shape index (κ1) is 11.5. The zero-order valence-electron chi connectivity index (χ0n) is 7.86. The predicted molar refractivity (Wildman–Crippen MR) is 45.6 cm³/mol. The van der Waals surface area contributed by atoms with E-state index >= 15 is 0 Å². The molecule has 1 fully saturated rings. The van der Waals surface area contributed by atoms with Crippen LogP contribution in [0.3, 0.4) is 0 Å². The standard InChI is InChI=1S/C9H14F3NO/c10-9(11,12)5-2-7(14)8(6-13)3-1-4-8/h1-6,13H2. The lowest BCUT2D eigenvalue weighted by atomic mass is 9.65. The number of Topliss-reactive ketones (excluding diaryl/α,β-unsaturated/α-hetero) is 1. The summed E-state index contributed by atoms with van der Waals surface area (Å²) in [5.74, 6) is -0.316. The van der Waals surface area contributed by atoms with Crippen molar-refractivity contribution in [3.63, 3.8) is 0 Å². The minimum atomic E-state index is -4.24. The Hall–Kier alpha value is -0.580. The summed E-state index contributed by atoms with van der Waals surface area (Å²) in [5.41, 5.74) is 4.79. The summed E-state index contributed by atoms with van der Waals surface area (Å²) in [6.45, 7) is 0.184. The van der Waals surface area contributed by atoms with Crippen LogP contribution in [0.15, 0.2) is 0 Å². The molecule has 1 rings (SSSR count). The number of alkyl halides is 3. The number of hydrogen-bond acceptors (Lipinski definition) is 2. The molecule has 1 aliphatic carbocycles. The molecule has 0 bridgehead atoms. The van der Waals surface area contributed by atoms with E-state index in [1.807, 2.05) is 0 Å². The highest BCUT2D eigenvalue weighted by Crippen LogP contribution is 2.42. The lowest BCUT2D eigenvalue weighted by molar-refractivity contribution is -0.149. The number of hydrogen-bond donors (Lipinski definition) is 1. The van der Waals surface area contributed by atoms with E-state index < -0.39 is 24.4 Å². The molecule has 0 atom stereocenters. The van der Waals surface area contributed by atoms with Gasteiger partial charge in [-0.05, 0) is 12.8 Å². The number of nitrogens with two attached hydrogens (primary N) is 1. The van der Waals surface area contributed by atoms with E-state index in [9.17, 15) is 18.0 Å². The molecule has 1 saturated carbocycles. The van der Waals surface area contributed by atoms with Gasteiger partial charge in [0.05, 0.1) is 6.42 Å². The fraction of sp³-hybridized carbons (Fsp3) is 0.889. The lowest BCUT2D eigenvalue weighted by Gasteiger charge is -2.39. The molecule has 0 aromatic carbocycles. The van der Waals surface area contributed by atoms with Gasteiger partial charge in [-0.3, -0.25) is 4.79 Å². The van der Waals surface area contributed by atoms with Crippen LogP contribution < -0.4 is 5.73 Å². The Labute approximate surface area is 80.7 Å². The molecule has 82 valence electrons. The van der Waals surface area contributed by atoms with Gasteiger partial charge >= 0.3 is 6.18 Å². The molecule has 0 aliphatic heterocycles.